The van der Waals surface area contributed by atoms with Gasteiger partial charge in [-0.25, -0.2) is 9.42 Å². The van der Waals surface area contributed by atoms with E-state index in [1.54, 1.807) is 13.8 Å². The van der Waals surface area contributed by atoms with Crippen LogP contribution in [0.4, 0.5) is 0 Å². The van der Waals surface area contributed by atoms with Crippen molar-refractivity contribution < 1.29 is 14.3 Å². The fourth-order valence-electron chi connectivity index (χ4n) is 1.03. The SMILES string of the molecule is CC(=O)O/N=C(/C)c1nnn(-c2nonc2C)n1. The van der Waals surface area contributed by atoms with Gasteiger partial charge in [-0.1, -0.05) is 10.3 Å². The largest absolute Gasteiger partial charge is 0.331 e. The van der Waals surface area contributed by atoms with Crippen LogP contribution in [0.2, 0.25) is 0 Å². The first-order valence-electron chi connectivity index (χ1n) is 4.90. The third-order valence-corrected chi connectivity index (χ3v) is 1.87. The molecule has 0 N–H and O–H groups in total. The average Bonchev–Trinajstić information content (AvgIpc) is 2.93. The molecule has 2 aromatic heterocycles. The Hall–Kier alpha value is -2.65. The summed E-state index contributed by atoms with van der Waals surface area (Å²) in [5, 5.41) is 22.3. The van der Waals surface area contributed by atoms with E-state index in [0.29, 0.717) is 17.2 Å². The van der Waals surface area contributed by atoms with Crippen molar-refractivity contribution in [3.05, 3.63) is 11.5 Å². The van der Waals surface area contributed by atoms with Gasteiger partial charge in [-0.3, -0.25) is 0 Å². The molecule has 0 aromatic carbocycles. The van der Waals surface area contributed by atoms with Gasteiger partial charge in [0.1, 0.15) is 11.4 Å². The molecule has 0 aliphatic heterocycles. The Kier molecular flexibility index (Phi) is 3.08. The Balaban J connectivity index is 2.23. The monoisotopic (exact) mass is 251 g/mol. The van der Waals surface area contributed by atoms with E-state index in [9.17, 15) is 4.79 Å². The molecular weight excluding hydrogens is 242 g/mol. The van der Waals surface area contributed by atoms with Crippen molar-refractivity contribution in [2.75, 3.05) is 0 Å². The zero-order chi connectivity index (χ0) is 13.1. The van der Waals surface area contributed by atoms with Gasteiger partial charge in [0, 0.05) is 6.92 Å². The Bertz CT molecular complexity index is 599. The van der Waals surface area contributed by atoms with Crippen LogP contribution in [-0.2, 0) is 9.63 Å². The summed E-state index contributed by atoms with van der Waals surface area (Å²) in [7, 11) is 0. The molecule has 94 valence electrons. The first-order chi connectivity index (χ1) is 8.58. The van der Waals surface area contributed by atoms with Crippen molar-refractivity contribution in [1.82, 2.24) is 30.5 Å². The summed E-state index contributed by atoms with van der Waals surface area (Å²) >= 11 is 0. The molecule has 2 heterocycles. The van der Waals surface area contributed by atoms with E-state index in [2.05, 4.69) is 40.3 Å². The van der Waals surface area contributed by atoms with E-state index in [0.717, 1.165) is 4.80 Å². The lowest BCUT2D eigenvalue weighted by atomic mass is 10.4. The summed E-state index contributed by atoms with van der Waals surface area (Å²) in [4.78, 5) is 16.2. The number of nitrogens with zero attached hydrogens (tertiary/aromatic N) is 7. The molecule has 0 saturated carbocycles. The maximum Gasteiger partial charge on any atom is 0.331 e. The highest BCUT2D eigenvalue weighted by atomic mass is 16.7. The molecule has 0 aliphatic carbocycles. The standard InChI is InChI=1S/C8H9N7O3/c1-4(11-17-6(3)16)7-9-14-15(10-7)8-5(2)12-18-13-8/h1-3H3/b11-4-. The maximum absolute atomic E-state index is 10.6. The van der Waals surface area contributed by atoms with Gasteiger partial charge in [0.15, 0.2) is 0 Å². The smallest absolute Gasteiger partial charge is 0.318 e. The van der Waals surface area contributed by atoms with Crippen LogP contribution >= 0.6 is 0 Å². The number of carbonyl (C=O) groups excluding carboxylic acids is 1. The number of aromatic nitrogens is 6. The number of rotatable bonds is 3. The van der Waals surface area contributed by atoms with Crippen LogP contribution in [0.3, 0.4) is 0 Å². The van der Waals surface area contributed by atoms with Gasteiger partial charge >= 0.3 is 5.97 Å². The van der Waals surface area contributed by atoms with E-state index >= 15 is 0 Å². The van der Waals surface area contributed by atoms with E-state index in [1.165, 1.54) is 6.92 Å². The molecule has 0 atom stereocenters. The Labute approximate surface area is 101 Å². The van der Waals surface area contributed by atoms with Crippen LogP contribution in [0.1, 0.15) is 25.4 Å². The van der Waals surface area contributed by atoms with Crippen LogP contribution in [0.15, 0.2) is 9.78 Å². The lowest BCUT2D eigenvalue weighted by molar-refractivity contribution is -0.140. The van der Waals surface area contributed by atoms with Gasteiger partial charge in [-0.15, -0.1) is 15.0 Å². The molecule has 0 saturated heterocycles. The summed E-state index contributed by atoms with van der Waals surface area (Å²) in [6.07, 6.45) is 0. The fraction of sp³-hybridized carbons (Fsp3) is 0.375. The van der Waals surface area contributed by atoms with Crippen molar-refractivity contribution in [3.8, 4) is 5.82 Å². The van der Waals surface area contributed by atoms with Crippen LogP contribution in [0.25, 0.3) is 5.82 Å². The number of hydrogen-bond donors (Lipinski definition) is 0. The Morgan fingerprint density at radius 3 is 2.78 bits per heavy atom. The van der Waals surface area contributed by atoms with Crippen LogP contribution in [0, 0.1) is 6.92 Å². The minimum Gasteiger partial charge on any atom is -0.318 e. The van der Waals surface area contributed by atoms with E-state index in [4.69, 9.17) is 0 Å². The summed E-state index contributed by atoms with van der Waals surface area (Å²) < 4.78 is 4.52. The first-order valence-corrected chi connectivity index (χ1v) is 4.90. The molecule has 0 spiro atoms. The van der Waals surface area contributed by atoms with Crippen molar-refractivity contribution in [3.63, 3.8) is 0 Å². The highest BCUT2D eigenvalue weighted by Crippen LogP contribution is 2.04. The van der Waals surface area contributed by atoms with Gasteiger partial charge in [0.25, 0.3) is 0 Å². The molecule has 0 bridgehead atoms. The quantitative estimate of drug-likeness (QED) is 0.412. The molecule has 2 aromatic rings. The molecule has 0 unspecified atom stereocenters. The number of aryl methyl sites for hydroxylation is 1. The second-order valence-electron chi connectivity index (χ2n) is 3.34. The second-order valence-corrected chi connectivity index (χ2v) is 3.34. The predicted molar refractivity (Wildman–Crippen MR) is 55.7 cm³/mol. The number of oxime groups is 1. The minimum atomic E-state index is -0.529. The topological polar surface area (TPSA) is 121 Å². The third kappa shape index (κ3) is 2.36. The maximum atomic E-state index is 10.6. The molecule has 0 amide bonds. The molecule has 2 rings (SSSR count). The van der Waals surface area contributed by atoms with Crippen molar-refractivity contribution >= 4 is 11.7 Å². The summed E-state index contributed by atoms with van der Waals surface area (Å²) in [6.45, 7) is 4.51. The van der Waals surface area contributed by atoms with E-state index in [-0.39, 0.29) is 5.82 Å². The van der Waals surface area contributed by atoms with Crippen LogP contribution in [-0.4, -0.2) is 42.2 Å². The molecule has 10 nitrogen and oxygen atoms in total. The van der Waals surface area contributed by atoms with Crippen molar-refractivity contribution in [1.29, 1.82) is 0 Å². The highest BCUT2D eigenvalue weighted by Gasteiger charge is 2.13. The average molecular weight is 251 g/mol. The zero-order valence-electron chi connectivity index (χ0n) is 9.86. The molecular formula is C8H9N7O3. The number of tetrazole rings is 1. The predicted octanol–water partition coefficient (Wildman–Crippen LogP) is -0.359. The van der Waals surface area contributed by atoms with Crippen LogP contribution < -0.4 is 0 Å². The third-order valence-electron chi connectivity index (χ3n) is 1.87. The minimum absolute atomic E-state index is 0.207. The molecule has 18 heavy (non-hydrogen) atoms. The van der Waals surface area contributed by atoms with Crippen molar-refractivity contribution in [2.45, 2.75) is 20.8 Å². The van der Waals surface area contributed by atoms with Gasteiger partial charge in [0.2, 0.25) is 11.6 Å². The normalized spacial score (nSPS) is 11.6. The lowest BCUT2D eigenvalue weighted by Gasteiger charge is -1.92. The number of hydrogen-bond acceptors (Lipinski definition) is 9. The number of carbonyl (C=O) groups is 1. The lowest BCUT2D eigenvalue weighted by Crippen LogP contribution is -2.04. The van der Waals surface area contributed by atoms with Gasteiger partial charge < -0.3 is 4.84 Å². The summed E-state index contributed by atoms with van der Waals surface area (Å²) in [6, 6.07) is 0. The fourth-order valence-corrected chi connectivity index (χ4v) is 1.03. The molecule has 0 fully saturated rings. The summed E-state index contributed by atoms with van der Waals surface area (Å²) in [5.74, 6) is 0.00553. The second kappa shape index (κ2) is 4.69. The Morgan fingerprint density at radius 1 is 1.39 bits per heavy atom. The van der Waals surface area contributed by atoms with Crippen LogP contribution in [0.5, 0.6) is 0 Å². The van der Waals surface area contributed by atoms with Crippen molar-refractivity contribution in [2.24, 2.45) is 5.16 Å². The highest BCUT2D eigenvalue weighted by molar-refractivity contribution is 5.94. The van der Waals surface area contributed by atoms with Gasteiger partial charge in [-0.05, 0) is 24.2 Å². The molecule has 0 aliphatic rings. The van der Waals surface area contributed by atoms with Gasteiger partial charge in [-0.2, -0.15) is 0 Å². The van der Waals surface area contributed by atoms with Gasteiger partial charge in [0.05, 0.1) is 0 Å². The van der Waals surface area contributed by atoms with E-state index in [1.807, 2.05) is 0 Å². The molecule has 10 heteroatoms. The zero-order valence-corrected chi connectivity index (χ0v) is 9.86. The Morgan fingerprint density at radius 2 is 2.17 bits per heavy atom. The molecule has 0 radical (unpaired) electrons. The summed E-state index contributed by atoms with van der Waals surface area (Å²) in [5.41, 5.74) is 0.832. The first kappa shape index (κ1) is 11.8. The van der Waals surface area contributed by atoms with E-state index < -0.39 is 5.97 Å².